The van der Waals surface area contributed by atoms with E-state index in [1.54, 1.807) is 27.7 Å². The minimum absolute atomic E-state index is 0.0681. The molecule has 47 heavy (non-hydrogen) atoms. The van der Waals surface area contributed by atoms with E-state index in [2.05, 4.69) is 21.3 Å². The maximum atomic E-state index is 14.3. The number of likely N-dealkylation sites (N-methyl/N-ethyl adjacent to an activating group) is 1. The molecule has 0 aromatic rings. The number of nitrogens with one attached hydrogen (secondary N) is 4. The number of ketones is 1. The summed E-state index contributed by atoms with van der Waals surface area (Å²) in [6.45, 7) is 9.30. The van der Waals surface area contributed by atoms with Gasteiger partial charge >= 0.3 is 6.03 Å². The van der Waals surface area contributed by atoms with Crippen molar-refractivity contribution in [2.45, 2.75) is 132 Å². The number of hydrogen-bond donors (Lipinski definition) is 4. The van der Waals surface area contributed by atoms with Crippen molar-refractivity contribution in [3.8, 4) is 0 Å². The average Bonchev–Trinajstić information content (AvgIpc) is 3.30. The zero-order valence-corrected chi connectivity index (χ0v) is 30.5. The topological polar surface area (TPSA) is 171 Å². The van der Waals surface area contributed by atoms with E-state index in [0.717, 1.165) is 25.7 Å². The van der Waals surface area contributed by atoms with E-state index in [-0.39, 0.29) is 25.3 Å². The van der Waals surface area contributed by atoms with Crippen molar-refractivity contribution in [2.75, 3.05) is 18.8 Å². The minimum atomic E-state index is -3.37. The number of sulfone groups is 1. The predicted octanol–water partition coefficient (Wildman–Crippen LogP) is 2.99. The number of piperidine rings is 1. The summed E-state index contributed by atoms with van der Waals surface area (Å²) in [5.41, 5.74) is -1.72. The van der Waals surface area contributed by atoms with Crippen LogP contribution < -0.4 is 21.3 Å². The third kappa shape index (κ3) is 7.87. The maximum absolute atomic E-state index is 14.3. The lowest BCUT2D eigenvalue weighted by Gasteiger charge is -2.43. The SMILES string of the molecule is CCCC[C@H](NC(=O)[C@@H]1[C@@H]2[C@H](CN1C(=O)[C@@H](NC(=O)NC1([C@H]3CCCS3(=O)=O)CCCCC1)C(C)(C)C)C2(Cl)Cl)C(=O)C(=O)NCC. The van der Waals surface area contributed by atoms with E-state index in [1.807, 2.05) is 6.92 Å². The van der Waals surface area contributed by atoms with Gasteiger partial charge in [-0.15, -0.1) is 23.2 Å². The molecular weight excluding hydrogens is 669 g/mol. The van der Waals surface area contributed by atoms with Gasteiger partial charge < -0.3 is 26.2 Å². The number of Topliss-reactive ketones (excluding diaryl/α,β-unsaturated/α-hetero) is 1. The summed E-state index contributed by atoms with van der Waals surface area (Å²) in [5.74, 6) is -3.63. The Morgan fingerprint density at radius 3 is 2.19 bits per heavy atom. The van der Waals surface area contributed by atoms with Crippen LogP contribution in [0.2, 0.25) is 0 Å². The summed E-state index contributed by atoms with van der Waals surface area (Å²) in [4.78, 5) is 68.6. The highest BCUT2D eigenvalue weighted by molar-refractivity contribution is 7.92. The number of hydrogen-bond acceptors (Lipinski definition) is 7. The maximum Gasteiger partial charge on any atom is 0.315 e. The lowest BCUT2D eigenvalue weighted by atomic mass is 9.78. The molecule has 15 heteroatoms. The smallest absolute Gasteiger partial charge is 0.315 e. The number of amides is 5. The van der Waals surface area contributed by atoms with E-state index in [1.165, 1.54) is 4.90 Å². The lowest BCUT2D eigenvalue weighted by molar-refractivity contribution is -0.144. The zero-order valence-electron chi connectivity index (χ0n) is 28.1. The van der Waals surface area contributed by atoms with Gasteiger partial charge in [0, 0.05) is 24.9 Å². The molecule has 2 aliphatic carbocycles. The van der Waals surface area contributed by atoms with Crippen LogP contribution in [0.3, 0.4) is 0 Å². The third-order valence-corrected chi connectivity index (χ3v) is 13.8. The predicted molar refractivity (Wildman–Crippen MR) is 180 cm³/mol. The number of urea groups is 1. The van der Waals surface area contributed by atoms with E-state index < -0.39 is 89.9 Å². The molecule has 2 saturated carbocycles. The first-order valence-electron chi connectivity index (χ1n) is 17.0. The van der Waals surface area contributed by atoms with Crippen LogP contribution in [0.4, 0.5) is 4.79 Å². The number of unbranched alkanes of at least 4 members (excludes halogenated alkanes) is 1. The monoisotopic (exact) mass is 719 g/mol. The molecule has 2 saturated heterocycles. The van der Waals surface area contributed by atoms with Crippen molar-refractivity contribution in [1.82, 2.24) is 26.2 Å². The van der Waals surface area contributed by atoms with Crippen LogP contribution in [0.15, 0.2) is 0 Å². The Morgan fingerprint density at radius 1 is 0.979 bits per heavy atom. The molecule has 4 rings (SSSR count). The van der Waals surface area contributed by atoms with Crippen LogP contribution >= 0.6 is 23.2 Å². The Bertz CT molecular complexity index is 1350. The van der Waals surface area contributed by atoms with Gasteiger partial charge in [0.15, 0.2) is 9.84 Å². The first-order chi connectivity index (χ1) is 21.9. The summed E-state index contributed by atoms with van der Waals surface area (Å²) < 4.78 is 24.8. The summed E-state index contributed by atoms with van der Waals surface area (Å²) in [5, 5.41) is 10.4. The van der Waals surface area contributed by atoms with Gasteiger partial charge in [-0.05, 0) is 44.4 Å². The quantitative estimate of drug-likeness (QED) is 0.177. The number of alkyl halides is 2. The molecule has 0 spiro atoms. The van der Waals surface area contributed by atoms with Crippen molar-refractivity contribution in [3.05, 3.63) is 0 Å². The van der Waals surface area contributed by atoms with E-state index in [0.29, 0.717) is 32.1 Å². The fraction of sp³-hybridized carbons (Fsp3) is 0.844. The molecule has 2 aliphatic heterocycles. The lowest BCUT2D eigenvalue weighted by Crippen LogP contribution is -2.65. The molecule has 5 amide bonds. The molecule has 4 N–H and O–H groups in total. The highest BCUT2D eigenvalue weighted by atomic mass is 35.5. The van der Waals surface area contributed by atoms with Gasteiger partial charge in [0.2, 0.25) is 17.6 Å². The molecular formula is C32H51Cl2N5O7S. The van der Waals surface area contributed by atoms with Gasteiger partial charge in [0.05, 0.1) is 22.6 Å². The van der Waals surface area contributed by atoms with Crippen molar-refractivity contribution in [1.29, 1.82) is 0 Å². The van der Waals surface area contributed by atoms with Crippen LogP contribution in [0.5, 0.6) is 0 Å². The van der Waals surface area contributed by atoms with Crippen molar-refractivity contribution in [2.24, 2.45) is 17.3 Å². The van der Waals surface area contributed by atoms with Crippen LogP contribution in [0, 0.1) is 17.3 Å². The largest absolute Gasteiger partial charge is 0.350 e. The zero-order chi connectivity index (χ0) is 34.9. The molecule has 6 atom stereocenters. The highest BCUT2D eigenvalue weighted by Gasteiger charge is 2.74. The number of carbonyl (C=O) groups excluding carboxylic acids is 5. The van der Waals surface area contributed by atoms with Crippen LogP contribution in [0.25, 0.3) is 0 Å². The van der Waals surface area contributed by atoms with Crippen LogP contribution in [-0.4, -0.2) is 94.9 Å². The average molecular weight is 721 g/mol. The molecule has 0 unspecified atom stereocenters. The Labute approximate surface area is 288 Å². The van der Waals surface area contributed by atoms with Crippen LogP contribution in [0.1, 0.15) is 98.8 Å². The molecule has 2 heterocycles. The third-order valence-electron chi connectivity index (χ3n) is 10.4. The van der Waals surface area contributed by atoms with E-state index in [4.69, 9.17) is 23.2 Å². The number of likely N-dealkylation sites (tertiary alicyclic amines) is 1. The molecule has 0 aromatic carbocycles. The summed E-state index contributed by atoms with van der Waals surface area (Å²) >= 11 is 13.1. The number of carbonyl (C=O) groups is 5. The fourth-order valence-electron chi connectivity index (χ4n) is 7.80. The number of fused-ring (bicyclic) bond motifs is 1. The van der Waals surface area contributed by atoms with Gasteiger partial charge in [0.25, 0.3) is 5.91 Å². The molecule has 4 aliphatic rings. The first kappa shape index (κ1) is 37.7. The van der Waals surface area contributed by atoms with Crippen molar-refractivity contribution < 1.29 is 32.4 Å². The van der Waals surface area contributed by atoms with Crippen molar-refractivity contribution >= 4 is 62.6 Å². The summed E-state index contributed by atoms with van der Waals surface area (Å²) in [7, 11) is -3.37. The summed E-state index contributed by atoms with van der Waals surface area (Å²) in [6.07, 6.45) is 6.22. The molecule has 266 valence electrons. The van der Waals surface area contributed by atoms with Crippen molar-refractivity contribution in [3.63, 3.8) is 0 Å². The Balaban J connectivity index is 1.56. The Kier molecular flexibility index (Phi) is 11.5. The second-order valence-electron chi connectivity index (χ2n) is 14.8. The summed E-state index contributed by atoms with van der Waals surface area (Å²) in [6, 6.07) is -3.95. The number of halogens is 2. The normalized spacial score (nSPS) is 28.4. The molecule has 0 radical (unpaired) electrons. The van der Waals surface area contributed by atoms with Gasteiger partial charge in [-0.25, -0.2) is 13.2 Å². The fourth-order valence-corrected chi connectivity index (χ4v) is 11.0. The van der Waals surface area contributed by atoms with Gasteiger partial charge in [0.1, 0.15) is 16.4 Å². The van der Waals surface area contributed by atoms with E-state index >= 15 is 0 Å². The molecule has 0 aromatic heterocycles. The van der Waals surface area contributed by atoms with Gasteiger partial charge in [-0.2, -0.15) is 0 Å². The molecule has 12 nitrogen and oxygen atoms in total. The Hall–Kier alpha value is -2.12. The van der Waals surface area contributed by atoms with Crippen LogP contribution in [-0.2, 0) is 29.0 Å². The number of nitrogens with zero attached hydrogens (tertiary/aromatic N) is 1. The minimum Gasteiger partial charge on any atom is -0.350 e. The van der Waals surface area contributed by atoms with E-state index in [9.17, 15) is 32.4 Å². The second kappa shape index (κ2) is 14.4. The first-order valence-corrected chi connectivity index (χ1v) is 19.5. The Morgan fingerprint density at radius 2 is 1.64 bits per heavy atom. The van der Waals surface area contributed by atoms with Gasteiger partial charge in [-0.3, -0.25) is 19.2 Å². The van der Waals surface area contributed by atoms with Gasteiger partial charge in [-0.1, -0.05) is 59.8 Å². The molecule has 4 fully saturated rings. The molecule has 0 bridgehead atoms. The second-order valence-corrected chi connectivity index (χ2v) is 18.5. The number of rotatable bonds is 12. The standard InChI is InChI=1S/C32H51Cl2N5O7S/c1-6-8-13-20(24(40)27(42)35-7-2)36-26(41)23-22-19(32(22,33)34)18-39(23)28(43)25(30(3,4)5)37-29(44)38-31(15-10-9-11-16-31)21-14-12-17-47(21,45)46/h19-23,25H,6-18H2,1-5H3,(H,35,42)(H,36,41)(H2,37,38,44)/t19-,20-,21+,22-,23-,25+/m0/s1. The highest BCUT2D eigenvalue weighted by Crippen LogP contribution is 2.65.